The van der Waals surface area contributed by atoms with Crippen LogP contribution < -0.4 is 4.90 Å². The van der Waals surface area contributed by atoms with Crippen LogP contribution in [0.15, 0.2) is 218 Å². The fourth-order valence-corrected chi connectivity index (χ4v) is 7.55. The summed E-state index contributed by atoms with van der Waals surface area (Å²) in [5.41, 5.74) is 12.1. The summed E-state index contributed by atoms with van der Waals surface area (Å²) >= 11 is 0. The maximum absolute atomic E-state index is 2.39. The summed E-state index contributed by atoms with van der Waals surface area (Å²) in [5, 5.41) is 4.92. The minimum atomic E-state index is 0.110. The molecule has 246 valence electrons. The molecule has 1 unspecified atom stereocenters. The van der Waals surface area contributed by atoms with E-state index in [0.717, 1.165) is 17.1 Å². The molecule has 0 aliphatic rings. The van der Waals surface area contributed by atoms with Crippen molar-refractivity contribution in [2.24, 2.45) is 0 Å². The van der Waals surface area contributed by atoms with Crippen LogP contribution in [0.2, 0.25) is 0 Å². The van der Waals surface area contributed by atoms with Crippen molar-refractivity contribution in [2.45, 2.75) is 5.92 Å². The maximum Gasteiger partial charge on any atom is 0.0468 e. The van der Waals surface area contributed by atoms with Gasteiger partial charge in [0.05, 0.1) is 0 Å². The summed E-state index contributed by atoms with van der Waals surface area (Å²) in [7, 11) is 0. The molecule has 0 saturated heterocycles. The molecule has 9 aromatic carbocycles. The van der Waals surface area contributed by atoms with E-state index in [9.17, 15) is 0 Å². The lowest BCUT2D eigenvalue weighted by Gasteiger charge is -2.26. The van der Waals surface area contributed by atoms with Gasteiger partial charge in [-0.1, -0.05) is 170 Å². The van der Waals surface area contributed by atoms with Gasteiger partial charge in [-0.15, -0.1) is 0 Å². The van der Waals surface area contributed by atoms with Gasteiger partial charge in [0.2, 0.25) is 0 Å². The minimum Gasteiger partial charge on any atom is -0.310 e. The van der Waals surface area contributed by atoms with E-state index in [1.807, 2.05) is 0 Å². The fourth-order valence-electron chi connectivity index (χ4n) is 7.55. The van der Waals surface area contributed by atoms with Gasteiger partial charge in [0, 0.05) is 23.0 Å². The lowest BCUT2D eigenvalue weighted by molar-refractivity contribution is 0.981. The normalized spacial score (nSPS) is 11.8. The van der Waals surface area contributed by atoms with Crippen LogP contribution in [-0.2, 0) is 0 Å². The van der Waals surface area contributed by atoms with Gasteiger partial charge < -0.3 is 4.90 Å². The Labute approximate surface area is 305 Å². The Hall–Kier alpha value is -6.70. The summed E-state index contributed by atoms with van der Waals surface area (Å²) in [6.07, 6.45) is 0. The van der Waals surface area contributed by atoms with Crippen molar-refractivity contribution in [3.8, 4) is 22.3 Å². The van der Waals surface area contributed by atoms with E-state index in [1.54, 1.807) is 0 Å². The first-order valence-corrected chi connectivity index (χ1v) is 18.0. The van der Waals surface area contributed by atoms with Crippen LogP contribution in [0, 0.1) is 0 Å². The second-order valence-corrected chi connectivity index (χ2v) is 13.4. The fraction of sp³-hybridized carbons (Fsp3) is 0.0196. The number of anilines is 3. The lowest BCUT2D eigenvalue weighted by atomic mass is 9.83. The lowest BCUT2D eigenvalue weighted by Crippen LogP contribution is -2.09. The average molecular weight is 664 g/mol. The van der Waals surface area contributed by atoms with E-state index in [2.05, 4.69) is 223 Å². The Morgan fingerprint density at radius 3 is 1.38 bits per heavy atom. The molecule has 1 atom stereocenters. The van der Waals surface area contributed by atoms with Gasteiger partial charge in [-0.3, -0.25) is 0 Å². The Morgan fingerprint density at radius 2 is 0.712 bits per heavy atom. The molecule has 1 nitrogen and oxygen atoms in total. The van der Waals surface area contributed by atoms with Crippen LogP contribution in [0.3, 0.4) is 0 Å². The first-order chi connectivity index (χ1) is 25.8. The molecular weight excluding hydrogens is 627 g/mol. The van der Waals surface area contributed by atoms with Gasteiger partial charge in [-0.2, -0.15) is 0 Å². The van der Waals surface area contributed by atoms with Gasteiger partial charge in [0.25, 0.3) is 0 Å². The van der Waals surface area contributed by atoms with Crippen LogP contribution in [0.1, 0.15) is 22.6 Å². The minimum absolute atomic E-state index is 0.110. The standard InChI is InChI=1S/C51H37N/c1-5-15-37(16-6-1)40-21-13-23-44(31-40)51(39-19-9-3-10-20-39)45-28-27-42-33-47-36-50(30-29-43(47)32-46(42)34-45)52(48-24-11-4-12-25-48)49-26-14-22-41(35-49)38-17-7-2-8-18-38/h1-36,51H. The summed E-state index contributed by atoms with van der Waals surface area (Å²) in [6.45, 7) is 0. The summed E-state index contributed by atoms with van der Waals surface area (Å²) in [5.74, 6) is 0.110. The Bertz CT molecular complexity index is 2430. The van der Waals surface area contributed by atoms with Crippen molar-refractivity contribution in [3.05, 3.63) is 235 Å². The SMILES string of the molecule is c1ccc(-c2cccc(C(c3ccccc3)c3ccc4cc5cc(N(c6ccccc6)c6cccc(-c7ccccc7)c6)ccc5cc4c3)c2)cc1. The first-order valence-electron chi connectivity index (χ1n) is 18.0. The van der Waals surface area contributed by atoms with Crippen molar-refractivity contribution in [1.82, 2.24) is 0 Å². The molecule has 0 radical (unpaired) electrons. The second-order valence-electron chi connectivity index (χ2n) is 13.4. The number of para-hydroxylation sites is 1. The molecule has 9 rings (SSSR count). The van der Waals surface area contributed by atoms with Gasteiger partial charge in [-0.05, 0) is 109 Å². The summed E-state index contributed by atoms with van der Waals surface area (Å²) in [6, 6.07) is 79.2. The molecule has 9 aromatic rings. The molecule has 0 aliphatic heterocycles. The zero-order valence-electron chi connectivity index (χ0n) is 28.8. The molecule has 0 N–H and O–H groups in total. The van der Waals surface area contributed by atoms with Crippen LogP contribution in [-0.4, -0.2) is 0 Å². The highest BCUT2D eigenvalue weighted by molar-refractivity contribution is 6.00. The number of benzene rings is 9. The van der Waals surface area contributed by atoms with Crippen molar-refractivity contribution in [1.29, 1.82) is 0 Å². The molecular formula is C51H37N. The second kappa shape index (κ2) is 13.9. The predicted molar refractivity (Wildman–Crippen MR) is 221 cm³/mol. The number of nitrogens with zero attached hydrogens (tertiary/aromatic N) is 1. The van der Waals surface area contributed by atoms with Gasteiger partial charge in [-0.25, -0.2) is 0 Å². The largest absolute Gasteiger partial charge is 0.310 e. The van der Waals surface area contributed by atoms with Crippen LogP contribution in [0.25, 0.3) is 43.8 Å². The third-order valence-electron chi connectivity index (χ3n) is 10.1. The van der Waals surface area contributed by atoms with Crippen LogP contribution in [0.4, 0.5) is 17.1 Å². The van der Waals surface area contributed by atoms with E-state index < -0.39 is 0 Å². The highest BCUT2D eigenvalue weighted by Crippen LogP contribution is 2.40. The van der Waals surface area contributed by atoms with Crippen molar-refractivity contribution in [2.75, 3.05) is 4.90 Å². The number of rotatable bonds is 8. The Kier molecular flexibility index (Phi) is 8.37. The molecule has 0 saturated carbocycles. The van der Waals surface area contributed by atoms with E-state index in [4.69, 9.17) is 0 Å². The molecule has 0 heterocycles. The van der Waals surface area contributed by atoms with Crippen LogP contribution >= 0.6 is 0 Å². The van der Waals surface area contributed by atoms with E-state index >= 15 is 0 Å². The van der Waals surface area contributed by atoms with E-state index in [0.29, 0.717) is 0 Å². The zero-order chi connectivity index (χ0) is 34.7. The third-order valence-corrected chi connectivity index (χ3v) is 10.1. The molecule has 1 heteroatoms. The van der Waals surface area contributed by atoms with Crippen molar-refractivity contribution in [3.63, 3.8) is 0 Å². The zero-order valence-corrected chi connectivity index (χ0v) is 28.8. The predicted octanol–water partition coefficient (Wildman–Crippen LogP) is 14.0. The number of fused-ring (bicyclic) bond motifs is 2. The monoisotopic (exact) mass is 663 g/mol. The first kappa shape index (κ1) is 31.3. The molecule has 0 fully saturated rings. The third kappa shape index (κ3) is 6.25. The average Bonchev–Trinajstić information content (AvgIpc) is 3.22. The van der Waals surface area contributed by atoms with E-state index in [-0.39, 0.29) is 5.92 Å². The number of hydrogen-bond donors (Lipinski definition) is 0. The van der Waals surface area contributed by atoms with Crippen molar-refractivity contribution < 1.29 is 0 Å². The van der Waals surface area contributed by atoms with Gasteiger partial charge in [0.1, 0.15) is 0 Å². The topological polar surface area (TPSA) is 3.24 Å². The molecule has 0 aromatic heterocycles. The molecule has 0 bridgehead atoms. The van der Waals surface area contributed by atoms with Gasteiger partial charge in [0.15, 0.2) is 0 Å². The highest BCUT2D eigenvalue weighted by atomic mass is 15.1. The quantitative estimate of drug-likeness (QED) is 0.116. The summed E-state index contributed by atoms with van der Waals surface area (Å²) in [4.78, 5) is 2.35. The van der Waals surface area contributed by atoms with Crippen molar-refractivity contribution >= 4 is 38.6 Å². The summed E-state index contributed by atoms with van der Waals surface area (Å²) < 4.78 is 0. The number of hydrogen-bond acceptors (Lipinski definition) is 1. The molecule has 0 aliphatic carbocycles. The Morgan fingerprint density at radius 1 is 0.250 bits per heavy atom. The highest BCUT2D eigenvalue weighted by Gasteiger charge is 2.19. The van der Waals surface area contributed by atoms with E-state index in [1.165, 1.54) is 60.5 Å². The molecule has 0 amide bonds. The smallest absolute Gasteiger partial charge is 0.0468 e. The molecule has 0 spiro atoms. The van der Waals surface area contributed by atoms with Crippen LogP contribution in [0.5, 0.6) is 0 Å². The Balaban J connectivity index is 1.12. The van der Waals surface area contributed by atoms with Gasteiger partial charge >= 0.3 is 0 Å². The molecule has 52 heavy (non-hydrogen) atoms. The maximum atomic E-state index is 2.39.